The molecule has 1 aromatic carbocycles. The quantitative estimate of drug-likeness (QED) is 0.847. The Hall–Kier alpha value is -2.04. The van der Waals surface area contributed by atoms with Gasteiger partial charge in [0, 0.05) is 32.1 Å². The van der Waals surface area contributed by atoms with Crippen molar-refractivity contribution in [3.05, 3.63) is 28.8 Å². The van der Waals surface area contributed by atoms with Crippen LogP contribution < -0.4 is 4.74 Å². The van der Waals surface area contributed by atoms with Gasteiger partial charge in [-0.05, 0) is 43.9 Å². The number of benzene rings is 1. The molecule has 1 aliphatic heterocycles. The number of ether oxygens (including phenoxy) is 1. The summed E-state index contributed by atoms with van der Waals surface area (Å²) in [6.07, 6.45) is 4.39. The number of nitrogens with zero attached hydrogens (tertiary/aromatic N) is 2. The topological polar surface area (TPSA) is 49.9 Å². The van der Waals surface area contributed by atoms with E-state index >= 15 is 0 Å². The lowest BCUT2D eigenvalue weighted by atomic mass is 10.0. The second-order valence-corrected chi connectivity index (χ2v) is 7.26. The molecule has 0 radical (unpaired) electrons. The molecule has 25 heavy (non-hydrogen) atoms. The predicted molar refractivity (Wildman–Crippen MR) is 96.9 cm³/mol. The predicted octanol–water partition coefficient (Wildman–Crippen LogP) is 2.79. The smallest absolute Gasteiger partial charge is 0.258 e. The Labute approximate surface area is 149 Å². The number of methoxy groups -OCH3 is 1. The van der Waals surface area contributed by atoms with Gasteiger partial charge < -0.3 is 14.5 Å². The lowest BCUT2D eigenvalue weighted by molar-refractivity contribution is -0.136. The molecule has 2 amide bonds. The maximum Gasteiger partial charge on any atom is 0.258 e. The molecular formula is C20H28N2O3. The summed E-state index contributed by atoms with van der Waals surface area (Å²) in [5.41, 5.74) is 2.66. The molecule has 1 aromatic rings. The number of hydrogen-bond donors (Lipinski definition) is 0. The summed E-state index contributed by atoms with van der Waals surface area (Å²) in [6.45, 7) is 6.39. The minimum absolute atomic E-state index is 0.00214. The van der Waals surface area contributed by atoms with E-state index in [0.717, 1.165) is 24.0 Å². The van der Waals surface area contributed by atoms with E-state index in [1.807, 2.05) is 35.8 Å². The number of aryl methyl sites for hydroxylation is 2. The Kier molecular flexibility index (Phi) is 5.30. The molecule has 2 fully saturated rings. The normalized spacial score (nSPS) is 18.5. The maximum absolute atomic E-state index is 13.0. The highest BCUT2D eigenvalue weighted by Crippen LogP contribution is 2.28. The first-order chi connectivity index (χ1) is 12.0. The van der Waals surface area contributed by atoms with Crippen LogP contribution in [0.15, 0.2) is 12.1 Å². The van der Waals surface area contributed by atoms with Crippen molar-refractivity contribution in [1.29, 1.82) is 0 Å². The van der Waals surface area contributed by atoms with Gasteiger partial charge in [-0.15, -0.1) is 0 Å². The summed E-state index contributed by atoms with van der Waals surface area (Å²) in [6, 6.07) is 3.91. The zero-order chi connectivity index (χ0) is 18.0. The van der Waals surface area contributed by atoms with Crippen LogP contribution in [0.25, 0.3) is 0 Å². The largest absolute Gasteiger partial charge is 0.496 e. The fourth-order valence-corrected chi connectivity index (χ4v) is 4.08. The molecular weight excluding hydrogens is 316 g/mol. The van der Waals surface area contributed by atoms with Crippen molar-refractivity contribution in [1.82, 2.24) is 9.80 Å². The highest BCUT2D eigenvalue weighted by Gasteiger charge is 2.31. The molecule has 0 aromatic heterocycles. The highest BCUT2D eigenvalue weighted by molar-refractivity contribution is 5.98. The van der Waals surface area contributed by atoms with Crippen LogP contribution in [0, 0.1) is 19.8 Å². The van der Waals surface area contributed by atoms with Crippen LogP contribution >= 0.6 is 0 Å². The van der Waals surface area contributed by atoms with E-state index in [-0.39, 0.29) is 17.7 Å². The van der Waals surface area contributed by atoms with Gasteiger partial charge in [0.1, 0.15) is 5.75 Å². The molecule has 1 heterocycles. The molecule has 5 nitrogen and oxygen atoms in total. The first-order valence-electron chi connectivity index (χ1n) is 9.24. The molecule has 3 rings (SSSR count). The van der Waals surface area contributed by atoms with Gasteiger partial charge in [0.25, 0.3) is 5.91 Å². The Morgan fingerprint density at radius 2 is 1.60 bits per heavy atom. The van der Waals surface area contributed by atoms with Crippen molar-refractivity contribution in [2.24, 2.45) is 5.92 Å². The average Bonchev–Trinajstić information content (AvgIpc) is 3.14. The fourth-order valence-electron chi connectivity index (χ4n) is 4.08. The minimum Gasteiger partial charge on any atom is -0.496 e. The molecule has 5 heteroatoms. The van der Waals surface area contributed by atoms with E-state index in [2.05, 4.69) is 0 Å². The van der Waals surface area contributed by atoms with Crippen molar-refractivity contribution in [3.8, 4) is 5.75 Å². The van der Waals surface area contributed by atoms with E-state index in [4.69, 9.17) is 4.74 Å². The van der Waals surface area contributed by atoms with Gasteiger partial charge in [-0.1, -0.05) is 18.9 Å². The monoisotopic (exact) mass is 344 g/mol. The molecule has 0 unspecified atom stereocenters. The zero-order valence-electron chi connectivity index (χ0n) is 15.5. The Balaban J connectivity index is 1.67. The van der Waals surface area contributed by atoms with Gasteiger partial charge in [0.15, 0.2) is 0 Å². The lowest BCUT2D eigenvalue weighted by Crippen LogP contribution is -2.51. The van der Waals surface area contributed by atoms with Gasteiger partial charge in [-0.3, -0.25) is 9.59 Å². The van der Waals surface area contributed by atoms with E-state index in [0.29, 0.717) is 37.5 Å². The number of rotatable bonds is 3. The first kappa shape index (κ1) is 17.8. The number of hydrogen-bond acceptors (Lipinski definition) is 3. The van der Waals surface area contributed by atoms with Gasteiger partial charge in [0.2, 0.25) is 5.91 Å². The van der Waals surface area contributed by atoms with Crippen LogP contribution in [0.4, 0.5) is 0 Å². The second-order valence-electron chi connectivity index (χ2n) is 7.26. The molecule has 0 N–H and O–H groups in total. The van der Waals surface area contributed by atoms with E-state index in [9.17, 15) is 9.59 Å². The summed E-state index contributed by atoms with van der Waals surface area (Å²) in [5, 5.41) is 0. The Morgan fingerprint density at radius 3 is 2.20 bits per heavy atom. The Morgan fingerprint density at radius 1 is 1.00 bits per heavy atom. The van der Waals surface area contributed by atoms with Gasteiger partial charge >= 0.3 is 0 Å². The highest BCUT2D eigenvalue weighted by atomic mass is 16.5. The molecule has 1 aliphatic carbocycles. The maximum atomic E-state index is 13.0. The third-order valence-electron chi connectivity index (χ3n) is 5.46. The minimum atomic E-state index is 0.00214. The number of carbonyl (C=O) groups excluding carboxylic acids is 2. The molecule has 0 atom stereocenters. The second kappa shape index (κ2) is 7.46. The number of piperazine rings is 1. The van der Waals surface area contributed by atoms with E-state index in [1.165, 1.54) is 12.8 Å². The summed E-state index contributed by atoms with van der Waals surface area (Å²) in [4.78, 5) is 29.3. The van der Waals surface area contributed by atoms with Crippen LogP contribution in [-0.2, 0) is 4.79 Å². The molecule has 1 saturated heterocycles. The van der Waals surface area contributed by atoms with Gasteiger partial charge in [-0.2, -0.15) is 0 Å². The summed E-state index contributed by atoms with van der Waals surface area (Å²) < 4.78 is 5.43. The van der Waals surface area contributed by atoms with Crippen molar-refractivity contribution < 1.29 is 14.3 Å². The summed E-state index contributed by atoms with van der Waals surface area (Å²) in [7, 11) is 1.60. The SMILES string of the molecule is COc1cc(C)cc(C)c1C(=O)N1CCN(C(=O)C2CCCC2)CC1. The van der Waals surface area contributed by atoms with Crippen LogP contribution in [-0.4, -0.2) is 54.9 Å². The van der Waals surface area contributed by atoms with Crippen molar-refractivity contribution >= 4 is 11.8 Å². The van der Waals surface area contributed by atoms with Crippen molar-refractivity contribution in [2.75, 3.05) is 33.3 Å². The third kappa shape index (κ3) is 3.65. The summed E-state index contributed by atoms with van der Waals surface area (Å²) >= 11 is 0. The van der Waals surface area contributed by atoms with Gasteiger partial charge in [-0.25, -0.2) is 0 Å². The Bertz CT molecular complexity index is 657. The first-order valence-corrected chi connectivity index (χ1v) is 9.24. The summed E-state index contributed by atoms with van der Waals surface area (Å²) in [5.74, 6) is 1.13. The standard InChI is InChI=1S/C20H28N2O3/c1-14-12-15(2)18(17(13-14)25-3)20(24)22-10-8-21(9-11-22)19(23)16-6-4-5-7-16/h12-13,16H,4-11H2,1-3H3. The van der Waals surface area contributed by atoms with E-state index < -0.39 is 0 Å². The van der Waals surface area contributed by atoms with Crippen molar-refractivity contribution in [2.45, 2.75) is 39.5 Å². The number of amides is 2. The van der Waals surface area contributed by atoms with E-state index in [1.54, 1.807) is 7.11 Å². The number of carbonyl (C=O) groups is 2. The van der Waals surface area contributed by atoms with Crippen LogP contribution in [0.5, 0.6) is 5.75 Å². The van der Waals surface area contributed by atoms with Crippen LogP contribution in [0.2, 0.25) is 0 Å². The third-order valence-corrected chi connectivity index (χ3v) is 5.46. The average molecular weight is 344 g/mol. The van der Waals surface area contributed by atoms with Gasteiger partial charge in [0.05, 0.1) is 12.7 Å². The van der Waals surface area contributed by atoms with Crippen LogP contribution in [0.1, 0.15) is 47.2 Å². The zero-order valence-corrected chi connectivity index (χ0v) is 15.5. The molecule has 0 spiro atoms. The lowest BCUT2D eigenvalue weighted by Gasteiger charge is -2.36. The fraction of sp³-hybridized carbons (Fsp3) is 0.600. The molecule has 0 bridgehead atoms. The molecule has 136 valence electrons. The van der Waals surface area contributed by atoms with Crippen LogP contribution in [0.3, 0.4) is 0 Å². The molecule has 1 saturated carbocycles. The van der Waals surface area contributed by atoms with Crippen molar-refractivity contribution in [3.63, 3.8) is 0 Å². The molecule has 2 aliphatic rings.